The quantitative estimate of drug-likeness (QED) is 0.868. The Hall–Kier alpha value is -1.33. The molecule has 2 heterocycles. The molecule has 0 saturated carbocycles. The highest BCUT2D eigenvalue weighted by Crippen LogP contribution is 2.29. The zero-order chi connectivity index (χ0) is 13.3. The van der Waals surface area contributed by atoms with Crippen molar-refractivity contribution in [1.29, 1.82) is 0 Å². The Kier molecular flexibility index (Phi) is 3.45. The number of amides is 1. The summed E-state index contributed by atoms with van der Waals surface area (Å²) in [5.74, 6) is 1.62. The summed E-state index contributed by atoms with van der Waals surface area (Å²) in [5.41, 5.74) is 5.32. The topological polar surface area (TPSA) is 68.7 Å². The van der Waals surface area contributed by atoms with Gasteiger partial charge in [-0.1, -0.05) is 0 Å². The van der Waals surface area contributed by atoms with Gasteiger partial charge in [-0.2, -0.15) is 0 Å². The van der Waals surface area contributed by atoms with E-state index in [2.05, 4.69) is 0 Å². The first-order valence-electron chi connectivity index (χ1n) is 6.07. The average molecular weight is 252 g/mol. The normalized spacial score (nSPS) is 27.4. The maximum Gasteiger partial charge on any atom is 0.232 e. The van der Waals surface area contributed by atoms with Crippen LogP contribution in [0.25, 0.3) is 0 Å². The molecule has 0 bridgehead atoms. The summed E-state index contributed by atoms with van der Waals surface area (Å²) in [6.07, 6.45) is 0. The van der Waals surface area contributed by atoms with Crippen LogP contribution in [0, 0.1) is 12.3 Å². The number of hydrogen-bond acceptors (Lipinski definition) is 4. The molecule has 1 saturated heterocycles. The Bertz CT molecular complexity index is 443. The van der Waals surface area contributed by atoms with Crippen molar-refractivity contribution in [3.63, 3.8) is 0 Å². The molecule has 1 aliphatic heterocycles. The predicted octanol–water partition coefficient (Wildman–Crippen LogP) is 0.910. The van der Waals surface area contributed by atoms with Crippen LogP contribution in [0.15, 0.2) is 16.5 Å². The highest BCUT2D eigenvalue weighted by Gasteiger charge is 2.45. The van der Waals surface area contributed by atoms with Crippen molar-refractivity contribution in [3.8, 4) is 0 Å². The fraction of sp³-hybridized carbons (Fsp3) is 0.615. The summed E-state index contributed by atoms with van der Waals surface area (Å²) in [6.45, 7) is 5.02. The fourth-order valence-electron chi connectivity index (χ4n) is 2.22. The number of ether oxygens (including phenoxy) is 1. The van der Waals surface area contributed by atoms with Crippen molar-refractivity contribution in [3.05, 3.63) is 23.7 Å². The monoisotopic (exact) mass is 252 g/mol. The smallest absolute Gasteiger partial charge is 0.232 e. The molecule has 0 spiro atoms. The molecular formula is C13H20N2O3. The lowest BCUT2D eigenvalue weighted by atomic mass is 9.84. The summed E-state index contributed by atoms with van der Waals surface area (Å²) >= 11 is 0. The van der Waals surface area contributed by atoms with Gasteiger partial charge < -0.3 is 19.8 Å². The van der Waals surface area contributed by atoms with E-state index < -0.39 is 5.41 Å². The van der Waals surface area contributed by atoms with Crippen LogP contribution in [0.2, 0.25) is 0 Å². The highest BCUT2D eigenvalue weighted by molar-refractivity contribution is 5.83. The minimum absolute atomic E-state index is 0.00144. The van der Waals surface area contributed by atoms with E-state index in [1.54, 1.807) is 11.9 Å². The van der Waals surface area contributed by atoms with E-state index in [1.807, 2.05) is 26.0 Å². The zero-order valence-electron chi connectivity index (χ0n) is 11.1. The lowest BCUT2D eigenvalue weighted by Crippen LogP contribution is -2.50. The van der Waals surface area contributed by atoms with Crippen LogP contribution in [0.1, 0.15) is 18.4 Å². The van der Waals surface area contributed by atoms with Crippen LogP contribution in [0.5, 0.6) is 0 Å². The van der Waals surface area contributed by atoms with Crippen molar-refractivity contribution < 1.29 is 13.9 Å². The van der Waals surface area contributed by atoms with Crippen LogP contribution < -0.4 is 5.73 Å². The van der Waals surface area contributed by atoms with Crippen molar-refractivity contribution >= 4 is 5.91 Å². The predicted molar refractivity (Wildman–Crippen MR) is 66.8 cm³/mol. The molecule has 5 nitrogen and oxygen atoms in total. The number of nitrogens with two attached hydrogens (primary N) is 1. The first kappa shape index (κ1) is 13.1. The van der Waals surface area contributed by atoms with Gasteiger partial charge in [0.25, 0.3) is 0 Å². The van der Waals surface area contributed by atoms with E-state index >= 15 is 0 Å². The molecule has 100 valence electrons. The minimum atomic E-state index is -0.629. The Morgan fingerprint density at radius 2 is 2.33 bits per heavy atom. The standard InChI is InChI=1S/C13H20N2O3/c1-9-4-5-10(18-9)6-15(3)12(16)13(2)8-17-7-11(13)14/h4-5,11H,6-8,14H2,1-3H3. The second kappa shape index (κ2) is 4.74. The molecule has 1 fully saturated rings. The molecule has 0 aromatic carbocycles. The zero-order valence-corrected chi connectivity index (χ0v) is 11.1. The molecular weight excluding hydrogens is 232 g/mol. The Labute approximate surface area is 107 Å². The molecule has 2 atom stereocenters. The van der Waals surface area contributed by atoms with Gasteiger partial charge in [0.1, 0.15) is 11.5 Å². The molecule has 0 radical (unpaired) electrons. The van der Waals surface area contributed by atoms with Gasteiger partial charge in [-0.3, -0.25) is 4.79 Å². The van der Waals surface area contributed by atoms with Crippen molar-refractivity contribution in [1.82, 2.24) is 4.90 Å². The van der Waals surface area contributed by atoms with E-state index in [0.29, 0.717) is 19.8 Å². The van der Waals surface area contributed by atoms with Gasteiger partial charge in [0.2, 0.25) is 5.91 Å². The molecule has 2 N–H and O–H groups in total. The molecule has 1 aliphatic rings. The molecule has 1 amide bonds. The lowest BCUT2D eigenvalue weighted by molar-refractivity contribution is -0.141. The van der Waals surface area contributed by atoms with Crippen LogP contribution in [-0.2, 0) is 16.1 Å². The molecule has 1 aromatic heterocycles. The summed E-state index contributed by atoms with van der Waals surface area (Å²) in [7, 11) is 1.76. The number of hydrogen-bond donors (Lipinski definition) is 1. The lowest BCUT2D eigenvalue weighted by Gasteiger charge is -2.30. The van der Waals surface area contributed by atoms with Crippen LogP contribution in [0.4, 0.5) is 0 Å². The average Bonchev–Trinajstić information content (AvgIpc) is 2.86. The SMILES string of the molecule is Cc1ccc(CN(C)C(=O)C2(C)COCC2N)o1. The molecule has 2 rings (SSSR count). The Balaban J connectivity index is 2.05. The van der Waals surface area contributed by atoms with Crippen molar-refractivity contribution in [2.75, 3.05) is 20.3 Å². The van der Waals surface area contributed by atoms with E-state index in [9.17, 15) is 4.79 Å². The number of carbonyl (C=O) groups excluding carboxylic acids is 1. The van der Waals surface area contributed by atoms with Crippen molar-refractivity contribution in [2.24, 2.45) is 11.1 Å². The van der Waals surface area contributed by atoms with E-state index in [1.165, 1.54) is 0 Å². The maximum absolute atomic E-state index is 12.4. The summed E-state index contributed by atoms with van der Waals surface area (Å²) in [5, 5.41) is 0. The molecule has 2 unspecified atom stereocenters. The van der Waals surface area contributed by atoms with Gasteiger partial charge in [0.15, 0.2) is 0 Å². The summed E-state index contributed by atoms with van der Waals surface area (Å²) in [4.78, 5) is 14.1. The number of nitrogens with zero attached hydrogens (tertiary/aromatic N) is 1. The van der Waals surface area contributed by atoms with Crippen molar-refractivity contribution in [2.45, 2.75) is 26.4 Å². The fourth-order valence-corrected chi connectivity index (χ4v) is 2.22. The second-order valence-electron chi connectivity index (χ2n) is 5.21. The largest absolute Gasteiger partial charge is 0.464 e. The van der Waals surface area contributed by atoms with E-state index in [4.69, 9.17) is 14.9 Å². The van der Waals surface area contributed by atoms with Gasteiger partial charge in [0, 0.05) is 13.1 Å². The highest BCUT2D eigenvalue weighted by atomic mass is 16.5. The molecule has 1 aromatic rings. The number of furan rings is 1. The Morgan fingerprint density at radius 1 is 1.61 bits per heavy atom. The first-order valence-corrected chi connectivity index (χ1v) is 6.07. The third-order valence-electron chi connectivity index (χ3n) is 3.54. The second-order valence-corrected chi connectivity index (χ2v) is 5.21. The molecule has 5 heteroatoms. The van der Waals surface area contributed by atoms with Crippen LogP contribution in [-0.4, -0.2) is 37.1 Å². The first-order chi connectivity index (χ1) is 8.43. The van der Waals surface area contributed by atoms with Crippen LogP contribution >= 0.6 is 0 Å². The minimum Gasteiger partial charge on any atom is -0.464 e. The molecule has 0 aliphatic carbocycles. The van der Waals surface area contributed by atoms with Gasteiger partial charge in [-0.05, 0) is 26.0 Å². The number of rotatable bonds is 3. The van der Waals surface area contributed by atoms with E-state index in [0.717, 1.165) is 11.5 Å². The maximum atomic E-state index is 12.4. The molecule has 18 heavy (non-hydrogen) atoms. The third-order valence-corrected chi connectivity index (χ3v) is 3.54. The number of aryl methyl sites for hydroxylation is 1. The summed E-state index contributed by atoms with van der Waals surface area (Å²) < 4.78 is 10.8. The third kappa shape index (κ3) is 2.28. The van der Waals surface area contributed by atoms with Gasteiger partial charge >= 0.3 is 0 Å². The van der Waals surface area contributed by atoms with Gasteiger partial charge in [0.05, 0.1) is 25.2 Å². The van der Waals surface area contributed by atoms with Gasteiger partial charge in [-0.15, -0.1) is 0 Å². The van der Waals surface area contributed by atoms with E-state index in [-0.39, 0.29) is 11.9 Å². The number of carbonyl (C=O) groups is 1. The summed E-state index contributed by atoms with van der Waals surface area (Å²) in [6, 6.07) is 3.53. The Morgan fingerprint density at radius 3 is 2.83 bits per heavy atom. The van der Waals surface area contributed by atoms with Gasteiger partial charge in [-0.25, -0.2) is 0 Å². The van der Waals surface area contributed by atoms with Crippen LogP contribution in [0.3, 0.4) is 0 Å².